The summed E-state index contributed by atoms with van der Waals surface area (Å²) in [5, 5.41) is 4.82. The Hall–Kier alpha value is -3.70. The summed E-state index contributed by atoms with van der Waals surface area (Å²) in [6.07, 6.45) is 0.921. The lowest BCUT2D eigenvalue weighted by molar-refractivity contribution is -0.147. The number of benzene rings is 3. The van der Waals surface area contributed by atoms with Crippen LogP contribution in [0.5, 0.6) is 5.75 Å². The van der Waals surface area contributed by atoms with Gasteiger partial charge in [0, 0.05) is 23.9 Å². The fraction of sp³-hybridized carbons (Fsp3) is 0.333. The van der Waals surface area contributed by atoms with Crippen molar-refractivity contribution in [3.63, 3.8) is 0 Å². The first kappa shape index (κ1) is 27.3. The van der Waals surface area contributed by atoms with Gasteiger partial charge in [0.2, 0.25) is 0 Å². The van der Waals surface area contributed by atoms with Crippen molar-refractivity contribution in [1.29, 1.82) is 0 Å². The second kappa shape index (κ2) is 12.2. The van der Waals surface area contributed by atoms with Gasteiger partial charge in [0.1, 0.15) is 5.75 Å². The number of ether oxygens (including phenoxy) is 2. The van der Waals surface area contributed by atoms with E-state index in [4.69, 9.17) is 14.5 Å². The maximum Gasteiger partial charge on any atom is 0.306 e. The number of nitrogens with one attached hydrogen (secondary N) is 1. The van der Waals surface area contributed by atoms with E-state index in [0.717, 1.165) is 44.6 Å². The van der Waals surface area contributed by atoms with Crippen molar-refractivity contribution >= 4 is 16.9 Å². The zero-order valence-electron chi connectivity index (χ0n) is 23.2. The fourth-order valence-electron chi connectivity index (χ4n) is 4.79. The topological polar surface area (TPSA) is 60.5 Å². The third kappa shape index (κ3) is 6.59. The molecule has 0 aliphatic carbocycles. The third-order valence-electron chi connectivity index (χ3n) is 6.90. The number of aromatic nitrogens is 1. The van der Waals surface area contributed by atoms with Crippen molar-refractivity contribution < 1.29 is 14.3 Å². The van der Waals surface area contributed by atoms with E-state index in [1.807, 2.05) is 32.0 Å². The smallest absolute Gasteiger partial charge is 0.306 e. The molecule has 1 aromatic heterocycles. The Morgan fingerprint density at radius 2 is 1.71 bits per heavy atom. The van der Waals surface area contributed by atoms with Crippen LogP contribution in [0.4, 0.5) is 0 Å². The minimum Gasteiger partial charge on any atom is -0.497 e. The predicted octanol–water partition coefficient (Wildman–Crippen LogP) is 7.51. The number of hydrogen-bond donors (Lipinski definition) is 1. The minimum atomic E-state index is -0.161. The SMILES string of the molecule is COc1cccc([C@@H](C)NC(C)c2cc(-c3ccc(C)c(CCC(=O)OC(C)C)c3)c3ccccc3n2)c1. The molecule has 4 rings (SSSR count). The molecule has 0 bridgehead atoms. The molecule has 1 N–H and O–H groups in total. The molecular formula is C33H38N2O3. The number of carbonyl (C=O) groups excluding carboxylic acids is 1. The molecule has 0 saturated carbocycles. The van der Waals surface area contributed by atoms with Crippen LogP contribution in [-0.2, 0) is 16.0 Å². The fourth-order valence-corrected chi connectivity index (χ4v) is 4.79. The number of para-hydroxylation sites is 1. The molecule has 38 heavy (non-hydrogen) atoms. The minimum absolute atomic E-state index is 0.0234. The summed E-state index contributed by atoms with van der Waals surface area (Å²) in [5.41, 5.74) is 7.70. The molecule has 4 aromatic rings. The third-order valence-corrected chi connectivity index (χ3v) is 6.90. The van der Waals surface area contributed by atoms with Gasteiger partial charge in [0.15, 0.2) is 0 Å². The molecule has 1 heterocycles. The number of aryl methyl sites for hydroxylation is 2. The highest BCUT2D eigenvalue weighted by atomic mass is 16.5. The van der Waals surface area contributed by atoms with E-state index >= 15 is 0 Å². The lowest BCUT2D eigenvalue weighted by Crippen LogP contribution is -2.23. The molecule has 0 aliphatic heterocycles. The standard InChI is InChI=1S/C33H38N2O3/c1-21(2)38-33(36)17-16-25-18-27(15-14-22(25)3)30-20-32(35-31-13-8-7-12-29(30)31)24(5)34-23(4)26-10-9-11-28(19-26)37-6/h7-15,18-21,23-24,34H,16-17H2,1-6H3/t23-,24?/m1/s1. The van der Waals surface area contributed by atoms with E-state index in [1.54, 1.807) is 7.11 Å². The molecule has 0 aliphatic rings. The number of methoxy groups -OCH3 is 1. The van der Waals surface area contributed by atoms with Crippen LogP contribution in [0, 0.1) is 6.92 Å². The second-order valence-corrected chi connectivity index (χ2v) is 10.2. The molecule has 1 unspecified atom stereocenters. The molecular weight excluding hydrogens is 472 g/mol. The van der Waals surface area contributed by atoms with Crippen LogP contribution in [0.25, 0.3) is 22.0 Å². The molecule has 0 amide bonds. The highest BCUT2D eigenvalue weighted by Crippen LogP contribution is 2.32. The Morgan fingerprint density at radius 3 is 2.47 bits per heavy atom. The van der Waals surface area contributed by atoms with Crippen LogP contribution in [-0.4, -0.2) is 24.2 Å². The summed E-state index contributed by atoms with van der Waals surface area (Å²) in [6, 6.07) is 25.3. The van der Waals surface area contributed by atoms with E-state index in [1.165, 1.54) is 5.56 Å². The van der Waals surface area contributed by atoms with Gasteiger partial charge in [-0.1, -0.05) is 48.5 Å². The maximum atomic E-state index is 12.2. The summed E-state index contributed by atoms with van der Waals surface area (Å²) in [6.45, 7) is 10.2. The van der Waals surface area contributed by atoms with Crippen LogP contribution < -0.4 is 10.1 Å². The van der Waals surface area contributed by atoms with Crippen LogP contribution in [0.3, 0.4) is 0 Å². The number of fused-ring (bicyclic) bond motifs is 1. The molecule has 5 heteroatoms. The lowest BCUT2D eigenvalue weighted by atomic mass is 9.94. The van der Waals surface area contributed by atoms with Crippen LogP contribution in [0.1, 0.15) is 68.6 Å². The van der Waals surface area contributed by atoms with Crippen molar-refractivity contribution in [2.24, 2.45) is 0 Å². The molecule has 0 fully saturated rings. The van der Waals surface area contributed by atoms with Gasteiger partial charge in [-0.25, -0.2) is 0 Å². The largest absolute Gasteiger partial charge is 0.497 e. The second-order valence-electron chi connectivity index (χ2n) is 10.2. The average Bonchev–Trinajstić information content (AvgIpc) is 2.91. The van der Waals surface area contributed by atoms with Gasteiger partial charge in [-0.3, -0.25) is 9.78 Å². The van der Waals surface area contributed by atoms with Crippen molar-refractivity contribution in [2.45, 2.75) is 65.6 Å². The Morgan fingerprint density at radius 1 is 0.921 bits per heavy atom. The Balaban J connectivity index is 1.64. The molecule has 0 radical (unpaired) electrons. The van der Waals surface area contributed by atoms with Gasteiger partial charge in [-0.15, -0.1) is 0 Å². The van der Waals surface area contributed by atoms with Gasteiger partial charge in [0.25, 0.3) is 0 Å². The van der Waals surface area contributed by atoms with E-state index in [9.17, 15) is 4.79 Å². The summed E-state index contributed by atoms with van der Waals surface area (Å²) in [7, 11) is 1.69. The van der Waals surface area contributed by atoms with E-state index < -0.39 is 0 Å². The monoisotopic (exact) mass is 510 g/mol. The first-order chi connectivity index (χ1) is 18.2. The first-order valence-electron chi connectivity index (χ1n) is 13.3. The van der Waals surface area contributed by atoms with Crippen LogP contribution in [0.2, 0.25) is 0 Å². The lowest BCUT2D eigenvalue weighted by Gasteiger charge is -2.22. The highest BCUT2D eigenvalue weighted by Gasteiger charge is 2.17. The van der Waals surface area contributed by atoms with E-state index in [-0.39, 0.29) is 24.2 Å². The van der Waals surface area contributed by atoms with Crippen molar-refractivity contribution in [1.82, 2.24) is 10.3 Å². The normalized spacial score (nSPS) is 12.9. The van der Waals surface area contributed by atoms with Crippen molar-refractivity contribution in [2.75, 3.05) is 7.11 Å². The van der Waals surface area contributed by atoms with Gasteiger partial charge in [-0.05, 0) is 93.1 Å². The number of hydrogen-bond acceptors (Lipinski definition) is 5. The van der Waals surface area contributed by atoms with Gasteiger partial charge < -0.3 is 14.8 Å². The van der Waals surface area contributed by atoms with Crippen LogP contribution in [0.15, 0.2) is 72.8 Å². The van der Waals surface area contributed by atoms with Crippen molar-refractivity contribution in [3.05, 3.63) is 95.2 Å². The van der Waals surface area contributed by atoms with E-state index in [2.05, 4.69) is 80.7 Å². The number of pyridine rings is 1. The van der Waals surface area contributed by atoms with Gasteiger partial charge in [0.05, 0.1) is 24.4 Å². The zero-order valence-corrected chi connectivity index (χ0v) is 23.2. The Bertz CT molecular complexity index is 1410. The Labute approximate surface area is 226 Å². The summed E-state index contributed by atoms with van der Waals surface area (Å²) in [4.78, 5) is 17.2. The summed E-state index contributed by atoms with van der Waals surface area (Å²) < 4.78 is 10.7. The summed E-state index contributed by atoms with van der Waals surface area (Å²) >= 11 is 0. The zero-order chi connectivity index (χ0) is 27.2. The summed E-state index contributed by atoms with van der Waals surface area (Å²) in [5.74, 6) is 0.689. The van der Waals surface area contributed by atoms with E-state index in [0.29, 0.717) is 12.8 Å². The predicted molar refractivity (Wildman–Crippen MR) is 154 cm³/mol. The van der Waals surface area contributed by atoms with Crippen molar-refractivity contribution in [3.8, 4) is 16.9 Å². The molecule has 0 saturated heterocycles. The quantitative estimate of drug-likeness (QED) is 0.224. The molecule has 198 valence electrons. The average molecular weight is 511 g/mol. The number of nitrogens with zero attached hydrogens (tertiary/aromatic N) is 1. The number of rotatable bonds is 10. The molecule has 5 nitrogen and oxygen atoms in total. The molecule has 0 spiro atoms. The Kier molecular flexibility index (Phi) is 8.80. The van der Waals surface area contributed by atoms with Gasteiger partial charge >= 0.3 is 5.97 Å². The molecule has 2 atom stereocenters. The maximum absolute atomic E-state index is 12.2. The first-order valence-corrected chi connectivity index (χ1v) is 13.3. The molecule has 3 aromatic carbocycles. The van der Waals surface area contributed by atoms with Crippen LogP contribution >= 0.6 is 0 Å². The number of esters is 1. The number of carbonyl (C=O) groups is 1. The van der Waals surface area contributed by atoms with Gasteiger partial charge in [-0.2, -0.15) is 0 Å². The highest BCUT2D eigenvalue weighted by molar-refractivity contribution is 5.95.